The molecule has 0 radical (unpaired) electrons. The van der Waals surface area contributed by atoms with Crippen molar-refractivity contribution in [2.24, 2.45) is 10.9 Å². The Morgan fingerprint density at radius 2 is 1.73 bits per heavy atom. The van der Waals surface area contributed by atoms with Gasteiger partial charge in [-0.2, -0.15) is 41.3 Å². The predicted molar refractivity (Wildman–Crippen MR) is 105 cm³/mol. The SMILES string of the molecule is CC1C=CC(c2nc(Nc3cncc(C(F)(F)F)c3)nc(NC3COC3)n2)=NC1C(F)(F)F. The fourth-order valence-electron chi connectivity index (χ4n) is 3.07. The molecule has 2 atom stereocenters. The van der Waals surface area contributed by atoms with E-state index < -0.39 is 29.9 Å². The fraction of sp³-hybridized carbons (Fsp3) is 0.421. The minimum absolute atomic E-state index is 0.00835. The van der Waals surface area contributed by atoms with E-state index in [9.17, 15) is 26.3 Å². The number of anilines is 3. The second-order valence-corrected chi connectivity index (χ2v) is 7.49. The summed E-state index contributed by atoms with van der Waals surface area (Å²) in [6.45, 7) is 2.13. The first-order valence-electron chi connectivity index (χ1n) is 9.72. The molecule has 4 rings (SSSR count). The van der Waals surface area contributed by atoms with E-state index in [0.717, 1.165) is 12.3 Å². The van der Waals surface area contributed by atoms with Crippen molar-refractivity contribution >= 4 is 23.3 Å². The lowest BCUT2D eigenvalue weighted by Gasteiger charge is -2.27. The number of hydrogen-bond donors (Lipinski definition) is 2. The van der Waals surface area contributed by atoms with Crippen molar-refractivity contribution in [1.29, 1.82) is 0 Å². The van der Waals surface area contributed by atoms with Crippen LogP contribution in [0.15, 0.2) is 35.6 Å². The maximum atomic E-state index is 13.4. The van der Waals surface area contributed by atoms with Crippen molar-refractivity contribution in [3.63, 3.8) is 0 Å². The summed E-state index contributed by atoms with van der Waals surface area (Å²) in [5, 5.41) is 5.54. The zero-order valence-electron chi connectivity index (χ0n) is 16.9. The van der Waals surface area contributed by atoms with Gasteiger partial charge in [0.05, 0.1) is 36.7 Å². The van der Waals surface area contributed by atoms with E-state index in [-0.39, 0.29) is 35.2 Å². The molecule has 14 heteroatoms. The second kappa shape index (κ2) is 8.57. The Hall–Kier alpha value is -3.29. The maximum absolute atomic E-state index is 13.4. The molecule has 1 saturated heterocycles. The molecule has 0 spiro atoms. The molecule has 2 aliphatic rings. The average Bonchev–Trinajstić information content (AvgIpc) is 2.70. The standard InChI is InChI=1S/C19H17F6N7O/c1-9-2-3-13(29-14(9)19(23,24)25)15-30-16(32-17(31-15)28-12-7-33-8-12)27-11-4-10(5-26-6-11)18(20,21)22/h2-6,9,12,14H,7-8H2,1H3,(H2,27,28,30,31,32). The third kappa shape index (κ3) is 5.38. The van der Waals surface area contributed by atoms with E-state index in [0.29, 0.717) is 19.4 Å². The van der Waals surface area contributed by atoms with Crippen LogP contribution >= 0.6 is 0 Å². The number of nitrogens with one attached hydrogen (secondary N) is 2. The fourth-order valence-corrected chi connectivity index (χ4v) is 3.07. The molecule has 0 saturated carbocycles. The first kappa shape index (κ1) is 22.9. The highest BCUT2D eigenvalue weighted by atomic mass is 19.4. The van der Waals surface area contributed by atoms with Crippen LogP contribution in [0.5, 0.6) is 0 Å². The summed E-state index contributed by atoms with van der Waals surface area (Å²) < 4.78 is 84.1. The Morgan fingerprint density at radius 1 is 1.00 bits per heavy atom. The number of rotatable bonds is 5. The highest BCUT2D eigenvalue weighted by molar-refractivity contribution is 6.07. The number of hydrogen-bond acceptors (Lipinski definition) is 8. The van der Waals surface area contributed by atoms with Crippen molar-refractivity contribution in [2.45, 2.75) is 31.4 Å². The zero-order valence-corrected chi connectivity index (χ0v) is 16.9. The minimum atomic E-state index is -4.61. The van der Waals surface area contributed by atoms with Gasteiger partial charge in [-0.1, -0.05) is 13.0 Å². The van der Waals surface area contributed by atoms with E-state index >= 15 is 0 Å². The molecule has 8 nitrogen and oxygen atoms in total. The number of aliphatic imine (C=N–C) groups is 1. The molecule has 2 aliphatic heterocycles. The van der Waals surface area contributed by atoms with Gasteiger partial charge in [0.25, 0.3) is 0 Å². The van der Waals surface area contributed by atoms with Crippen molar-refractivity contribution in [3.05, 3.63) is 42.0 Å². The number of alkyl halides is 6. The summed E-state index contributed by atoms with van der Waals surface area (Å²) in [6.07, 6.45) is -4.68. The normalized spacial score (nSPS) is 21.4. The van der Waals surface area contributed by atoms with Crippen molar-refractivity contribution < 1.29 is 31.1 Å². The lowest BCUT2D eigenvalue weighted by Crippen LogP contribution is -2.41. The average molecular weight is 473 g/mol. The third-order valence-electron chi connectivity index (χ3n) is 4.83. The molecule has 0 amide bonds. The van der Waals surface area contributed by atoms with Crippen molar-refractivity contribution in [3.8, 4) is 0 Å². The first-order valence-corrected chi connectivity index (χ1v) is 9.72. The maximum Gasteiger partial charge on any atom is 0.417 e. The van der Waals surface area contributed by atoms with Crippen LogP contribution in [0.25, 0.3) is 0 Å². The molecule has 0 aromatic carbocycles. The number of ether oxygens (including phenoxy) is 1. The van der Waals surface area contributed by atoms with Gasteiger partial charge in [-0.3, -0.25) is 9.98 Å². The summed E-state index contributed by atoms with van der Waals surface area (Å²) in [7, 11) is 0. The molecular formula is C19H17F6N7O. The van der Waals surface area contributed by atoms with Gasteiger partial charge in [0.2, 0.25) is 11.9 Å². The van der Waals surface area contributed by atoms with Crippen molar-refractivity contribution in [1.82, 2.24) is 19.9 Å². The van der Waals surface area contributed by atoms with Gasteiger partial charge in [0.15, 0.2) is 11.9 Å². The van der Waals surface area contributed by atoms with Crippen LogP contribution in [0.2, 0.25) is 0 Å². The summed E-state index contributed by atoms with van der Waals surface area (Å²) in [4.78, 5) is 19.6. The lowest BCUT2D eigenvalue weighted by atomic mass is 9.97. The van der Waals surface area contributed by atoms with Crippen LogP contribution < -0.4 is 10.6 Å². The second-order valence-electron chi connectivity index (χ2n) is 7.49. The molecule has 1 fully saturated rings. The number of allylic oxidation sites excluding steroid dienone is 1. The van der Waals surface area contributed by atoms with E-state index in [1.807, 2.05) is 0 Å². The van der Waals surface area contributed by atoms with Gasteiger partial charge in [-0.15, -0.1) is 0 Å². The van der Waals surface area contributed by atoms with Crippen LogP contribution in [-0.2, 0) is 10.9 Å². The Kier molecular flexibility index (Phi) is 5.95. The van der Waals surface area contributed by atoms with Gasteiger partial charge < -0.3 is 15.4 Å². The summed E-state index contributed by atoms with van der Waals surface area (Å²) in [5.74, 6) is -1.24. The van der Waals surface area contributed by atoms with Crippen LogP contribution in [-0.4, -0.2) is 57.1 Å². The van der Waals surface area contributed by atoms with E-state index in [1.54, 1.807) is 0 Å². The van der Waals surface area contributed by atoms with E-state index in [1.165, 1.54) is 19.1 Å². The number of dihydropyridines is 1. The van der Waals surface area contributed by atoms with Gasteiger partial charge >= 0.3 is 12.4 Å². The topological polar surface area (TPSA) is 97.2 Å². The molecular weight excluding hydrogens is 456 g/mol. The molecule has 2 N–H and O–H groups in total. The smallest absolute Gasteiger partial charge is 0.377 e. The molecule has 0 aliphatic carbocycles. The van der Waals surface area contributed by atoms with Crippen LogP contribution in [0.3, 0.4) is 0 Å². The molecule has 2 unspecified atom stereocenters. The largest absolute Gasteiger partial charge is 0.417 e. The van der Waals surface area contributed by atoms with Gasteiger partial charge in [0, 0.05) is 12.1 Å². The third-order valence-corrected chi connectivity index (χ3v) is 4.83. The summed E-state index contributed by atoms with van der Waals surface area (Å²) in [5.41, 5.74) is -1.19. The van der Waals surface area contributed by atoms with E-state index in [2.05, 4.69) is 35.6 Å². The Labute approximate surface area is 183 Å². The number of halogens is 6. The monoisotopic (exact) mass is 473 g/mol. The van der Waals surface area contributed by atoms with Gasteiger partial charge in [-0.25, -0.2) is 0 Å². The Balaban J connectivity index is 1.69. The highest BCUT2D eigenvalue weighted by Gasteiger charge is 2.44. The van der Waals surface area contributed by atoms with Crippen LogP contribution in [0.1, 0.15) is 18.3 Å². The van der Waals surface area contributed by atoms with Crippen LogP contribution in [0.4, 0.5) is 43.9 Å². The summed E-state index contributed by atoms with van der Waals surface area (Å²) in [6, 6.07) is -1.30. The molecule has 0 bridgehead atoms. The number of nitrogens with zero attached hydrogens (tertiary/aromatic N) is 5. The molecule has 176 valence electrons. The van der Waals surface area contributed by atoms with Crippen LogP contribution in [0, 0.1) is 5.92 Å². The molecule has 4 heterocycles. The van der Waals surface area contributed by atoms with Gasteiger partial charge in [-0.05, 0) is 12.1 Å². The van der Waals surface area contributed by atoms with Gasteiger partial charge in [0.1, 0.15) is 5.71 Å². The zero-order chi connectivity index (χ0) is 23.8. The van der Waals surface area contributed by atoms with Crippen molar-refractivity contribution in [2.75, 3.05) is 23.8 Å². The lowest BCUT2D eigenvalue weighted by molar-refractivity contribution is -0.153. The number of aromatic nitrogens is 4. The Morgan fingerprint density at radius 3 is 2.36 bits per heavy atom. The van der Waals surface area contributed by atoms with E-state index in [4.69, 9.17) is 4.74 Å². The molecule has 2 aromatic heterocycles. The number of pyridine rings is 1. The molecule has 33 heavy (non-hydrogen) atoms. The molecule has 2 aromatic rings. The highest BCUT2D eigenvalue weighted by Crippen LogP contribution is 2.32. The predicted octanol–water partition coefficient (Wildman–Crippen LogP) is 3.77. The minimum Gasteiger partial charge on any atom is -0.377 e. The summed E-state index contributed by atoms with van der Waals surface area (Å²) >= 11 is 0. The Bertz CT molecular complexity index is 1080. The quantitative estimate of drug-likeness (QED) is 0.639. The first-order chi connectivity index (χ1) is 15.5.